The van der Waals surface area contributed by atoms with Crippen molar-refractivity contribution in [2.24, 2.45) is 0 Å². The van der Waals surface area contributed by atoms with Gasteiger partial charge in [0.1, 0.15) is 0 Å². The van der Waals surface area contributed by atoms with Gasteiger partial charge in [0, 0.05) is 17.8 Å². The molecule has 0 unspecified atom stereocenters. The average molecular weight is 225 g/mol. The highest BCUT2D eigenvalue weighted by atomic mass is 16.3. The highest BCUT2D eigenvalue weighted by molar-refractivity contribution is 5.87. The standard InChI is InChI=1S/C13H11N3O/c17-8-10-7-13(16-6-5-14-9-16)11-3-1-2-4-12(11)15-10/h1-7,9,17H,8H2. The van der Waals surface area contributed by atoms with Crippen LogP contribution in [0.2, 0.25) is 0 Å². The molecule has 0 aliphatic rings. The van der Waals surface area contributed by atoms with Crippen molar-refractivity contribution in [3.05, 3.63) is 54.7 Å². The van der Waals surface area contributed by atoms with E-state index >= 15 is 0 Å². The Kier molecular flexibility index (Phi) is 2.34. The molecule has 0 aliphatic carbocycles. The van der Waals surface area contributed by atoms with Gasteiger partial charge in [-0.2, -0.15) is 0 Å². The van der Waals surface area contributed by atoms with Gasteiger partial charge in [-0.15, -0.1) is 0 Å². The Hall–Kier alpha value is -2.20. The number of fused-ring (bicyclic) bond motifs is 1. The molecule has 4 heteroatoms. The molecule has 17 heavy (non-hydrogen) atoms. The van der Waals surface area contributed by atoms with Crippen molar-refractivity contribution in [3.8, 4) is 5.69 Å². The van der Waals surface area contributed by atoms with Crippen LogP contribution >= 0.6 is 0 Å². The molecule has 0 amide bonds. The van der Waals surface area contributed by atoms with Gasteiger partial charge in [-0.3, -0.25) is 4.98 Å². The molecular weight excluding hydrogens is 214 g/mol. The largest absolute Gasteiger partial charge is 0.390 e. The van der Waals surface area contributed by atoms with Crippen LogP contribution in [0.25, 0.3) is 16.6 Å². The molecule has 1 aromatic carbocycles. The Bertz CT molecular complexity index is 647. The van der Waals surface area contributed by atoms with Gasteiger partial charge in [-0.25, -0.2) is 4.98 Å². The molecular formula is C13H11N3O. The summed E-state index contributed by atoms with van der Waals surface area (Å²) >= 11 is 0. The molecule has 0 saturated heterocycles. The van der Waals surface area contributed by atoms with Crippen LogP contribution in [0.3, 0.4) is 0 Å². The summed E-state index contributed by atoms with van der Waals surface area (Å²) in [5, 5.41) is 10.3. The Morgan fingerprint density at radius 2 is 2.12 bits per heavy atom. The van der Waals surface area contributed by atoms with E-state index in [0.29, 0.717) is 5.69 Å². The number of pyridine rings is 1. The van der Waals surface area contributed by atoms with Crippen LogP contribution in [0, 0.1) is 0 Å². The van der Waals surface area contributed by atoms with Gasteiger partial charge in [0.05, 0.1) is 29.8 Å². The number of aromatic nitrogens is 3. The summed E-state index contributed by atoms with van der Waals surface area (Å²) in [7, 11) is 0. The van der Waals surface area contributed by atoms with Crippen molar-refractivity contribution in [2.45, 2.75) is 6.61 Å². The number of benzene rings is 1. The Labute approximate surface area is 98.2 Å². The van der Waals surface area contributed by atoms with Gasteiger partial charge in [0.2, 0.25) is 0 Å². The maximum atomic E-state index is 9.23. The monoisotopic (exact) mass is 225 g/mol. The number of hydrogen-bond acceptors (Lipinski definition) is 3. The van der Waals surface area contributed by atoms with Crippen LogP contribution in [-0.2, 0) is 6.61 Å². The van der Waals surface area contributed by atoms with E-state index in [2.05, 4.69) is 9.97 Å². The maximum Gasteiger partial charge on any atom is 0.0991 e. The summed E-state index contributed by atoms with van der Waals surface area (Å²) in [6.45, 7) is -0.0630. The van der Waals surface area contributed by atoms with Crippen molar-refractivity contribution in [3.63, 3.8) is 0 Å². The molecule has 84 valence electrons. The van der Waals surface area contributed by atoms with E-state index < -0.39 is 0 Å². The molecule has 0 spiro atoms. The SMILES string of the molecule is OCc1cc(-n2ccnc2)c2ccccc2n1. The topological polar surface area (TPSA) is 50.9 Å². The zero-order valence-corrected chi connectivity index (χ0v) is 9.11. The number of rotatable bonds is 2. The third kappa shape index (κ3) is 1.68. The lowest BCUT2D eigenvalue weighted by molar-refractivity contribution is 0.277. The second-order valence-electron chi connectivity index (χ2n) is 3.78. The summed E-state index contributed by atoms with van der Waals surface area (Å²) in [5.74, 6) is 0. The van der Waals surface area contributed by atoms with E-state index in [0.717, 1.165) is 16.6 Å². The third-order valence-electron chi connectivity index (χ3n) is 2.69. The van der Waals surface area contributed by atoms with Crippen LogP contribution in [0.5, 0.6) is 0 Å². The molecule has 0 bridgehead atoms. The highest BCUT2D eigenvalue weighted by Crippen LogP contribution is 2.21. The normalized spacial score (nSPS) is 10.9. The van der Waals surface area contributed by atoms with E-state index in [1.54, 1.807) is 12.5 Å². The smallest absolute Gasteiger partial charge is 0.0991 e. The van der Waals surface area contributed by atoms with Crippen molar-refractivity contribution in [1.29, 1.82) is 0 Å². The molecule has 4 nitrogen and oxygen atoms in total. The zero-order valence-electron chi connectivity index (χ0n) is 9.11. The Balaban J connectivity index is 2.35. The second-order valence-corrected chi connectivity index (χ2v) is 3.78. The van der Waals surface area contributed by atoms with Crippen LogP contribution in [0.4, 0.5) is 0 Å². The third-order valence-corrected chi connectivity index (χ3v) is 2.69. The quantitative estimate of drug-likeness (QED) is 0.724. The fraction of sp³-hybridized carbons (Fsp3) is 0.0769. The summed E-state index contributed by atoms with van der Waals surface area (Å²) in [6, 6.07) is 9.75. The molecule has 0 radical (unpaired) electrons. The predicted octanol–water partition coefficient (Wildman–Crippen LogP) is 1.91. The number of aliphatic hydroxyl groups is 1. The number of imidazole rings is 1. The van der Waals surface area contributed by atoms with Crippen LogP contribution in [0.1, 0.15) is 5.69 Å². The fourth-order valence-electron chi connectivity index (χ4n) is 1.91. The molecule has 2 heterocycles. The molecule has 2 aromatic heterocycles. The van der Waals surface area contributed by atoms with Crippen LogP contribution in [0.15, 0.2) is 49.1 Å². The van der Waals surface area contributed by atoms with Crippen molar-refractivity contribution >= 4 is 10.9 Å². The fourth-order valence-corrected chi connectivity index (χ4v) is 1.91. The van der Waals surface area contributed by atoms with E-state index in [-0.39, 0.29) is 6.61 Å². The van der Waals surface area contributed by atoms with Crippen LogP contribution in [-0.4, -0.2) is 19.6 Å². The molecule has 0 fully saturated rings. The van der Waals surface area contributed by atoms with Gasteiger partial charge in [0.15, 0.2) is 0 Å². The van der Waals surface area contributed by atoms with Gasteiger partial charge in [-0.05, 0) is 12.1 Å². The summed E-state index contributed by atoms with van der Waals surface area (Å²) < 4.78 is 1.92. The first kappa shape index (κ1) is 9.99. The van der Waals surface area contributed by atoms with E-state index in [9.17, 15) is 5.11 Å². The summed E-state index contributed by atoms with van der Waals surface area (Å²) in [5.41, 5.74) is 2.52. The van der Waals surface area contributed by atoms with Gasteiger partial charge < -0.3 is 9.67 Å². The Morgan fingerprint density at radius 1 is 1.24 bits per heavy atom. The minimum atomic E-state index is -0.0630. The lowest BCUT2D eigenvalue weighted by Crippen LogP contribution is -1.97. The number of para-hydroxylation sites is 1. The number of hydrogen-bond donors (Lipinski definition) is 1. The van der Waals surface area contributed by atoms with Crippen molar-refractivity contribution in [2.75, 3.05) is 0 Å². The van der Waals surface area contributed by atoms with Gasteiger partial charge >= 0.3 is 0 Å². The average Bonchev–Trinajstić information content (AvgIpc) is 2.91. The van der Waals surface area contributed by atoms with E-state index in [1.807, 2.05) is 41.1 Å². The van der Waals surface area contributed by atoms with Crippen molar-refractivity contribution < 1.29 is 5.11 Å². The minimum Gasteiger partial charge on any atom is -0.390 e. The molecule has 0 saturated carbocycles. The lowest BCUT2D eigenvalue weighted by Gasteiger charge is -2.08. The molecule has 0 atom stereocenters. The maximum absolute atomic E-state index is 9.23. The zero-order chi connectivity index (χ0) is 11.7. The van der Waals surface area contributed by atoms with E-state index in [4.69, 9.17) is 0 Å². The summed E-state index contributed by atoms with van der Waals surface area (Å²) in [6.07, 6.45) is 5.35. The number of aliphatic hydroxyl groups excluding tert-OH is 1. The number of nitrogens with zero attached hydrogens (tertiary/aromatic N) is 3. The second kappa shape index (κ2) is 3.99. The first-order valence-corrected chi connectivity index (χ1v) is 5.36. The minimum absolute atomic E-state index is 0.0630. The highest BCUT2D eigenvalue weighted by Gasteiger charge is 2.06. The van der Waals surface area contributed by atoms with Gasteiger partial charge in [0.25, 0.3) is 0 Å². The molecule has 0 aliphatic heterocycles. The first-order chi connectivity index (χ1) is 8.38. The lowest BCUT2D eigenvalue weighted by atomic mass is 10.1. The van der Waals surface area contributed by atoms with Gasteiger partial charge in [-0.1, -0.05) is 18.2 Å². The molecule has 3 aromatic rings. The van der Waals surface area contributed by atoms with Crippen LogP contribution < -0.4 is 0 Å². The molecule has 1 N–H and O–H groups in total. The summed E-state index contributed by atoms with van der Waals surface area (Å²) in [4.78, 5) is 8.42. The Morgan fingerprint density at radius 3 is 2.88 bits per heavy atom. The van der Waals surface area contributed by atoms with E-state index in [1.165, 1.54) is 0 Å². The predicted molar refractivity (Wildman–Crippen MR) is 64.8 cm³/mol. The first-order valence-electron chi connectivity index (χ1n) is 5.36. The van der Waals surface area contributed by atoms with Crippen molar-refractivity contribution in [1.82, 2.24) is 14.5 Å². The molecule has 3 rings (SSSR count).